The van der Waals surface area contributed by atoms with Crippen molar-refractivity contribution >= 4 is 51.5 Å². The van der Waals surface area contributed by atoms with Gasteiger partial charge in [-0.25, -0.2) is 4.98 Å². The smallest absolute Gasteiger partial charge is 0.245 e. The molecule has 0 spiro atoms. The maximum absolute atomic E-state index is 13.4. The van der Waals surface area contributed by atoms with E-state index in [0.29, 0.717) is 19.5 Å². The van der Waals surface area contributed by atoms with Crippen molar-refractivity contribution in [3.63, 3.8) is 0 Å². The number of amides is 1. The van der Waals surface area contributed by atoms with Gasteiger partial charge in [-0.15, -0.1) is 0 Å². The third kappa shape index (κ3) is 5.10. The van der Waals surface area contributed by atoms with Gasteiger partial charge in [-0.1, -0.05) is 41.4 Å². The van der Waals surface area contributed by atoms with Crippen molar-refractivity contribution in [3.8, 4) is 0 Å². The first-order chi connectivity index (χ1) is 16.1. The number of carbonyl (C=O) groups excluding carboxylic acids is 1. The third-order valence-corrected chi connectivity index (χ3v) is 7.56. The maximum atomic E-state index is 13.4. The second-order valence-corrected chi connectivity index (χ2v) is 10.0. The van der Waals surface area contributed by atoms with E-state index in [4.69, 9.17) is 28.2 Å². The second-order valence-electron chi connectivity index (χ2n) is 8.44. The van der Waals surface area contributed by atoms with E-state index in [1.165, 1.54) is 11.5 Å². The molecule has 0 radical (unpaired) electrons. The predicted molar refractivity (Wildman–Crippen MR) is 135 cm³/mol. The van der Waals surface area contributed by atoms with Gasteiger partial charge in [0.2, 0.25) is 11.0 Å². The molecule has 9 heteroatoms. The van der Waals surface area contributed by atoms with Crippen LogP contribution in [-0.2, 0) is 11.2 Å². The fourth-order valence-electron chi connectivity index (χ4n) is 4.54. The molecule has 0 N–H and O–H groups in total. The second kappa shape index (κ2) is 9.87. The summed E-state index contributed by atoms with van der Waals surface area (Å²) in [4.78, 5) is 24.6. The Morgan fingerprint density at radius 2 is 1.79 bits per heavy atom. The zero-order valence-electron chi connectivity index (χ0n) is 18.2. The predicted octanol–water partition coefficient (Wildman–Crippen LogP) is 4.75. The minimum absolute atomic E-state index is 0.154. The minimum atomic E-state index is -0.154. The molecule has 33 heavy (non-hydrogen) atoms. The van der Waals surface area contributed by atoms with Crippen LogP contribution in [0, 0.1) is 0 Å². The molecule has 0 bridgehead atoms. The lowest BCUT2D eigenvalue weighted by Crippen LogP contribution is -2.53. The maximum Gasteiger partial charge on any atom is 0.245 e. The molecule has 6 nitrogen and oxygen atoms in total. The summed E-state index contributed by atoms with van der Waals surface area (Å²) >= 11 is 13.5. The van der Waals surface area contributed by atoms with Crippen LogP contribution in [0.1, 0.15) is 24.2 Å². The number of anilines is 2. The fraction of sp³-hybridized carbons (Fsp3) is 0.375. The van der Waals surface area contributed by atoms with Gasteiger partial charge in [-0.3, -0.25) is 4.79 Å². The van der Waals surface area contributed by atoms with Crippen molar-refractivity contribution in [2.75, 3.05) is 42.5 Å². The average Bonchev–Trinajstić information content (AvgIpc) is 3.50. The summed E-state index contributed by atoms with van der Waals surface area (Å²) in [5, 5.41) is 2.30. The van der Waals surface area contributed by atoms with Crippen molar-refractivity contribution in [2.45, 2.75) is 25.3 Å². The van der Waals surface area contributed by atoms with Gasteiger partial charge in [0.1, 0.15) is 11.9 Å². The van der Waals surface area contributed by atoms with Crippen LogP contribution >= 0.6 is 34.7 Å². The first kappa shape index (κ1) is 22.4. The van der Waals surface area contributed by atoms with E-state index in [9.17, 15) is 4.79 Å². The number of hydrogen-bond donors (Lipinski definition) is 0. The highest BCUT2D eigenvalue weighted by Gasteiger charge is 2.36. The van der Waals surface area contributed by atoms with Gasteiger partial charge < -0.3 is 14.7 Å². The van der Waals surface area contributed by atoms with Crippen LogP contribution < -0.4 is 9.80 Å². The number of benzene rings is 2. The minimum Gasteiger partial charge on any atom is -0.368 e. The largest absolute Gasteiger partial charge is 0.368 e. The van der Waals surface area contributed by atoms with Gasteiger partial charge in [-0.05, 0) is 48.7 Å². The molecule has 2 fully saturated rings. The molecule has 2 aliphatic heterocycles. The van der Waals surface area contributed by atoms with Crippen molar-refractivity contribution in [2.24, 2.45) is 0 Å². The SMILES string of the molecule is O=C(C1CCCN1c1nc(Cc2ccc(Cl)cc2)ns1)N1CCN(c2cccc(Cl)c2)CC1. The summed E-state index contributed by atoms with van der Waals surface area (Å²) in [6, 6.07) is 15.5. The molecule has 3 aromatic rings. The zero-order valence-corrected chi connectivity index (χ0v) is 20.5. The van der Waals surface area contributed by atoms with Crippen LogP contribution in [0.5, 0.6) is 0 Å². The Balaban J connectivity index is 1.21. The molecule has 1 unspecified atom stereocenters. The molecule has 0 aliphatic carbocycles. The number of halogens is 2. The first-order valence-corrected chi connectivity index (χ1v) is 12.7. The van der Waals surface area contributed by atoms with E-state index in [-0.39, 0.29) is 11.9 Å². The Kier molecular flexibility index (Phi) is 6.71. The van der Waals surface area contributed by atoms with Crippen molar-refractivity contribution in [1.29, 1.82) is 0 Å². The molecule has 0 saturated carbocycles. The molecule has 1 atom stereocenters. The lowest BCUT2D eigenvalue weighted by atomic mass is 10.1. The summed E-state index contributed by atoms with van der Waals surface area (Å²) in [6.45, 7) is 3.89. The van der Waals surface area contributed by atoms with Crippen molar-refractivity contribution in [3.05, 3.63) is 70.0 Å². The summed E-state index contributed by atoms with van der Waals surface area (Å²) < 4.78 is 4.55. The van der Waals surface area contributed by atoms with Crippen LogP contribution in [0.3, 0.4) is 0 Å². The van der Waals surface area contributed by atoms with Gasteiger partial charge in [0, 0.05) is 66.4 Å². The number of nitrogens with zero attached hydrogens (tertiary/aromatic N) is 5. The fourth-order valence-corrected chi connectivity index (χ4v) is 5.61. The molecule has 172 valence electrons. The lowest BCUT2D eigenvalue weighted by Gasteiger charge is -2.38. The highest BCUT2D eigenvalue weighted by molar-refractivity contribution is 7.09. The van der Waals surface area contributed by atoms with Crippen LogP contribution in [0.25, 0.3) is 0 Å². The van der Waals surface area contributed by atoms with E-state index in [0.717, 1.165) is 64.7 Å². The summed E-state index contributed by atoms with van der Waals surface area (Å²) in [6.07, 6.45) is 2.51. The summed E-state index contributed by atoms with van der Waals surface area (Å²) in [7, 11) is 0. The Labute approximate surface area is 207 Å². The van der Waals surface area contributed by atoms with Crippen molar-refractivity contribution < 1.29 is 4.79 Å². The Hall–Kier alpha value is -2.35. The topological polar surface area (TPSA) is 52.6 Å². The van der Waals surface area contributed by atoms with E-state index >= 15 is 0 Å². The van der Waals surface area contributed by atoms with Gasteiger partial charge in [0.25, 0.3) is 0 Å². The number of piperazine rings is 1. The van der Waals surface area contributed by atoms with E-state index in [1.807, 2.05) is 47.4 Å². The summed E-state index contributed by atoms with van der Waals surface area (Å²) in [5.74, 6) is 0.984. The molecular formula is C24H25Cl2N5OS. The lowest BCUT2D eigenvalue weighted by molar-refractivity contribution is -0.132. The van der Waals surface area contributed by atoms with Gasteiger partial charge in [-0.2, -0.15) is 4.37 Å². The van der Waals surface area contributed by atoms with Crippen LogP contribution in [0.15, 0.2) is 48.5 Å². The molecule has 2 saturated heterocycles. The molecular weight excluding hydrogens is 477 g/mol. The molecule has 2 aromatic carbocycles. The Bertz CT molecular complexity index is 1110. The molecule has 1 aromatic heterocycles. The van der Waals surface area contributed by atoms with E-state index < -0.39 is 0 Å². The summed E-state index contributed by atoms with van der Waals surface area (Å²) in [5.41, 5.74) is 2.23. The molecule has 1 amide bonds. The van der Waals surface area contributed by atoms with Crippen LogP contribution in [0.2, 0.25) is 10.0 Å². The average molecular weight is 502 g/mol. The highest BCUT2D eigenvalue weighted by Crippen LogP contribution is 2.29. The molecule has 2 aliphatic rings. The van der Waals surface area contributed by atoms with E-state index in [1.54, 1.807) is 0 Å². The zero-order chi connectivity index (χ0) is 22.8. The third-order valence-electron chi connectivity index (χ3n) is 6.28. The van der Waals surface area contributed by atoms with Gasteiger partial charge >= 0.3 is 0 Å². The quantitative estimate of drug-likeness (QED) is 0.504. The van der Waals surface area contributed by atoms with E-state index in [2.05, 4.69) is 20.2 Å². The Morgan fingerprint density at radius 3 is 2.55 bits per heavy atom. The van der Waals surface area contributed by atoms with Crippen molar-refractivity contribution in [1.82, 2.24) is 14.3 Å². The van der Waals surface area contributed by atoms with Gasteiger partial charge in [0.15, 0.2) is 0 Å². The number of aromatic nitrogens is 2. The first-order valence-electron chi connectivity index (χ1n) is 11.2. The number of rotatable bonds is 5. The van der Waals surface area contributed by atoms with Gasteiger partial charge in [0.05, 0.1) is 0 Å². The molecule has 5 rings (SSSR count). The Morgan fingerprint density at radius 1 is 1.00 bits per heavy atom. The number of hydrogen-bond acceptors (Lipinski definition) is 6. The molecule has 3 heterocycles. The number of carbonyl (C=O) groups is 1. The standard InChI is InChI=1S/C24H25Cl2N5OS/c25-18-8-6-17(7-9-18)15-22-27-24(33-28-22)31-10-2-5-21(31)23(32)30-13-11-29(12-14-30)20-4-1-3-19(26)16-20/h1,3-4,6-9,16,21H,2,5,10-15H2. The van der Waals surface area contributed by atoms with Crippen LogP contribution in [-0.4, -0.2) is 58.9 Å². The van der Waals surface area contributed by atoms with Crippen LogP contribution in [0.4, 0.5) is 10.8 Å². The normalized spacial score (nSPS) is 18.7. The monoisotopic (exact) mass is 501 g/mol. The highest BCUT2D eigenvalue weighted by atomic mass is 35.5.